The Morgan fingerprint density at radius 3 is 2.48 bits per heavy atom. The number of aryl methyl sites for hydroxylation is 3. The maximum atomic E-state index is 12.5. The number of benzene rings is 1. The SMILES string of the molecule is Cc1ccc(C(=O)COC(=O)c2c(C)oc(-n3cccc3)c2C#N)cc1C. The van der Waals surface area contributed by atoms with E-state index in [0.717, 1.165) is 11.1 Å². The number of nitrogens with zero attached hydrogens (tertiary/aromatic N) is 2. The van der Waals surface area contributed by atoms with E-state index >= 15 is 0 Å². The first kappa shape index (κ1) is 18.2. The van der Waals surface area contributed by atoms with Crippen molar-refractivity contribution in [2.75, 3.05) is 6.61 Å². The number of hydrogen-bond acceptors (Lipinski definition) is 5. The van der Waals surface area contributed by atoms with Crippen molar-refractivity contribution in [3.8, 4) is 12.0 Å². The topological polar surface area (TPSA) is 85.2 Å². The van der Waals surface area contributed by atoms with E-state index in [9.17, 15) is 14.9 Å². The van der Waals surface area contributed by atoms with E-state index in [1.165, 1.54) is 0 Å². The molecule has 27 heavy (non-hydrogen) atoms. The van der Waals surface area contributed by atoms with E-state index in [4.69, 9.17) is 9.15 Å². The van der Waals surface area contributed by atoms with E-state index in [1.807, 2.05) is 26.0 Å². The Morgan fingerprint density at radius 1 is 1.15 bits per heavy atom. The van der Waals surface area contributed by atoms with Gasteiger partial charge in [0.1, 0.15) is 23.0 Å². The summed E-state index contributed by atoms with van der Waals surface area (Å²) in [5, 5.41) is 9.47. The van der Waals surface area contributed by atoms with Gasteiger partial charge >= 0.3 is 5.97 Å². The zero-order valence-corrected chi connectivity index (χ0v) is 15.3. The summed E-state index contributed by atoms with van der Waals surface area (Å²) in [6, 6.07) is 10.9. The summed E-state index contributed by atoms with van der Waals surface area (Å²) < 4.78 is 12.3. The third kappa shape index (κ3) is 3.53. The second-order valence-corrected chi connectivity index (χ2v) is 6.21. The van der Waals surface area contributed by atoms with Gasteiger partial charge in [-0.05, 0) is 50.1 Å². The molecule has 0 aliphatic carbocycles. The molecule has 6 nitrogen and oxygen atoms in total. The van der Waals surface area contributed by atoms with Crippen molar-refractivity contribution in [3.05, 3.63) is 76.3 Å². The van der Waals surface area contributed by atoms with E-state index in [1.54, 1.807) is 48.1 Å². The van der Waals surface area contributed by atoms with Gasteiger partial charge in [0.05, 0.1) is 0 Å². The van der Waals surface area contributed by atoms with Gasteiger partial charge in [0.2, 0.25) is 5.88 Å². The molecule has 0 saturated carbocycles. The van der Waals surface area contributed by atoms with Gasteiger partial charge < -0.3 is 9.15 Å². The molecule has 0 bridgehead atoms. The predicted octanol–water partition coefficient (Wildman–Crippen LogP) is 3.91. The highest BCUT2D eigenvalue weighted by Gasteiger charge is 2.26. The Balaban J connectivity index is 1.79. The maximum absolute atomic E-state index is 12.5. The lowest BCUT2D eigenvalue weighted by molar-refractivity contribution is 0.0472. The Bertz CT molecular complexity index is 1050. The lowest BCUT2D eigenvalue weighted by atomic mass is 10.0. The lowest BCUT2D eigenvalue weighted by Gasteiger charge is -2.06. The molecule has 3 rings (SSSR count). The maximum Gasteiger partial charge on any atom is 0.343 e. The summed E-state index contributed by atoms with van der Waals surface area (Å²) in [4.78, 5) is 24.8. The predicted molar refractivity (Wildman–Crippen MR) is 98.0 cm³/mol. The molecule has 0 aliphatic rings. The third-order valence-corrected chi connectivity index (χ3v) is 4.38. The normalized spacial score (nSPS) is 10.4. The average molecular weight is 362 g/mol. The summed E-state index contributed by atoms with van der Waals surface area (Å²) in [7, 11) is 0. The summed E-state index contributed by atoms with van der Waals surface area (Å²) in [6.45, 7) is 5.04. The van der Waals surface area contributed by atoms with Crippen LogP contribution in [0.1, 0.15) is 43.2 Å². The standard InChI is InChI=1S/C21H18N2O4/c1-13-6-7-16(10-14(13)2)18(24)12-26-21(25)19-15(3)27-20(17(19)11-22)23-8-4-5-9-23/h4-10H,12H2,1-3H3. The molecule has 0 fully saturated rings. The Kier molecular flexibility index (Phi) is 4.95. The van der Waals surface area contributed by atoms with Crippen LogP contribution in [0.5, 0.6) is 0 Å². The van der Waals surface area contributed by atoms with Crippen molar-refractivity contribution >= 4 is 11.8 Å². The van der Waals surface area contributed by atoms with Crippen LogP contribution in [0, 0.1) is 32.1 Å². The summed E-state index contributed by atoms with van der Waals surface area (Å²) in [5.74, 6) is -0.563. The van der Waals surface area contributed by atoms with Gasteiger partial charge in [0, 0.05) is 18.0 Å². The molecule has 2 heterocycles. The zero-order valence-electron chi connectivity index (χ0n) is 15.3. The molecular formula is C21H18N2O4. The van der Waals surface area contributed by atoms with E-state index < -0.39 is 12.6 Å². The van der Waals surface area contributed by atoms with Crippen molar-refractivity contribution in [2.45, 2.75) is 20.8 Å². The quantitative estimate of drug-likeness (QED) is 0.507. The summed E-state index contributed by atoms with van der Waals surface area (Å²) in [6.07, 6.45) is 3.41. The van der Waals surface area contributed by atoms with Crippen LogP contribution in [0.15, 0.2) is 47.1 Å². The number of carbonyl (C=O) groups excluding carboxylic acids is 2. The largest absolute Gasteiger partial charge is 0.454 e. The number of hydrogen-bond donors (Lipinski definition) is 0. The van der Waals surface area contributed by atoms with Crippen LogP contribution in [0.2, 0.25) is 0 Å². The Labute approximate surface area is 156 Å². The fourth-order valence-corrected chi connectivity index (χ4v) is 2.73. The van der Waals surface area contributed by atoms with Crippen LogP contribution in [0.25, 0.3) is 5.88 Å². The number of nitriles is 1. The van der Waals surface area contributed by atoms with Crippen LogP contribution in [0.3, 0.4) is 0 Å². The second kappa shape index (κ2) is 7.34. The Hall–Kier alpha value is -3.59. The molecule has 0 amide bonds. The number of carbonyl (C=O) groups is 2. The van der Waals surface area contributed by atoms with Crippen LogP contribution < -0.4 is 0 Å². The number of Topliss-reactive ketones (excluding diaryl/α,β-unsaturated/α-hetero) is 1. The first-order chi connectivity index (χ1) is 12.9. The molecule has 0 saturated heterocycles. The highest BCUT2D eigenvalue weighted by Crippen LogP contribution is 2.26. The van der Waals surface area contributed by atoms with Crippen LogP contribution >= 0.6 is 0 Å². The zero-order chi connectivity index (χ0) is 19.6. The van der Waals surface area contributed by atoms with Gasteiger partial charge in [-0.15, -0.1) is 0 Å². The molecule has 6 heteroatoms. The van der Waals surface area contributed by atoms with Gasteiger partial charge in [0.25, 0.3) is 0 Å². The van der Waals surface area contributed by atoms with Crippen molar-refractivity contribution < 1.29 is 18.7 Å². The summed E-state index contributed by atoms with van der Waals surface area (Å²) in [5.41, 5.74) is 2.65. The first-order valence-corrected chi connectivity index (χ1v) is 8.36. The van der Waals surface area contributed by atoms with Gasteiger partial charge in [-0.25, -0.2) is 4.79 Å². The third-order valence-electron chi connectivity index (χ3n) is 4.38. The number of ketones is 1. The molecule has 0 aliphatic heterocycles. The lowest BCUT2D eigenvalue weighted by Crippen LogP contribution is -2.15. The molecule has 0 N–H and O–H groups in total. The second-order valence-electron chi connectivity index (χ2n) is 6.21. The molecule has 0 atom stereocenters. The highest BCUT2D eigenvalue weighted by molar-refractivity contribution is 6.00. The average Bonchev–Trinajstić information content (AvgIpc) is 3.28. The number of aromatic nitrogens is 1. The summed E-state index contributed by atoms with van der Waals surface area (Å²) >= 11 is 0. The van der Waals surface area contributed by atoms with Crippen LogP contribution in [0.4, 0.5) is 0 Å². The molecule has 0 radical (unpaired) electrons. The van der Waals surface area contributed by atoms with Gasteiger partial charge in [-0.3, -0.25) is 9.36 Å². The molecule has 1 aromatic carbocycles. The fourth-order valence-electron chi connectivity index (χ4n) is 2.73. The fraction of sp³-hybridized carbons (Fsp3) is 0.190. The minimum atomic E-state index is -0.761. The number of esters is 1. The van der Waals surface area contributed by atoms with E-state index in [2.05, 4.69) is 0 Å². The van der Waals surface area contributed by atoms with Gasteiger partial charge in [-0.1, -0.05) is 12.1 Å². The molecule has 3 aromatic rings. The minimum Gasteiger partial charge on any atom is -0.454 e. The van der Waals surface area contributed by atoms with Crippen LogP contribution in [-0.2, 0) is 4.74 Å². The molecule has 0 unspecified atom stereocenters. The molecule has 136 valence electrons. The van der Waals surface area contributed by atoms with Crippen LogP contribution in [-0.4, -0.2) is 22.9 Å². The van der Waals surface area contributed by atoms with Crippen molar-refractivity contribution in [3.63, 3.8) is 0 Å². The molecular weight excluding hydrogens is 344 g/mol. The van der Waals surface area contributed by atoms with Gasteiger partial charge in [0.15, 0.2) is 12.4 Å². The van der Waals surface area contributed by atoms with Crippen molar-refractivity contribution in [2.24, 2.45) is 0 Å². The number of ether oxygens (including phenoxy) is 1. The van der Waals surface area contributed by atoms with Crippen molar-refractivity contribution in [1.29, 1.82) is 5.26 Å². The highest BCUT2D eigenvalue weighted by atomic mass is 16.5. The van der Waals surface area contributed by atoms with E-state index in [0.29, 0.717) is 5.56 Å². The number of furan rings is 1. The Morgan fingerprint density at radius 2 is 1.85 bits per heavy atom. The number of rotatable bonds is 5. The van der Waals surface area contributed by atoms with Crippen molar-refractivity contribution in [1.82, 2.24) is 4.57 Å². The minimum absolute atomic E-state index is 0.0362. The molecule has 0 spiro atoms. The van der Waals surface area contributed by atoms with E-state index in [-0.39, 0.29) is 28.6 Å². The van der Waals surface area contributed by atoms with Gasteiger partial charge in [-0.2, -0.15) is 5.26 Å². The smallest absolute Gasteiger partial charge is 0.343 e. The molecule has 2 aromatic heterocycles. The first-order valence-electron chi connectivity index (χ1n) is 8.36. The monoisotopic (exact) mass is 362 g/mol.